The lowest BCUT2D eigenvalue weighted by molar-refractivity contribution is 0.414. The Morgan fingerprint density at radius 2 is 1.86 bits per heavy atom. The van der Waals surface area contributed by atoms with E-state index in [1.54, 1.807) is 14.2 Å². The highest BCUT2D eigenvalue weighted by atomic mass is 35.5. The molecule has 0 N–H and O–H groups in total. The van der Waals surface area contributed by atoms with Gasteiger partial charge in [0.15, 0.2) is 0 Å². The van der Waals surface area contributed by atoms with Crippen molar-refractivity contribution in [3.63, 3.8) is 0 Å². The molecule has 0 atom stereocenters. The minimum absolute atomic E-state index is 0.684. The summed E-state index contributed by atoms with van der Waals surface area (Å²) in [6.07, 6.45) is 4.16. The molecule has 2 nitrogen and oxygen atoms in total. The Balaban J connectivity index is 2.03. The number of ether oxygens (including phenoxy) is 2. The summed E-state index contributed by atoms with van der Waals surface area (Å²) in [6.45, 7) is 0. The molecule has 0 radical (unpaired) electrons. The van der Waals surface area contributed by atoms with Crippen LogP contribution in [0, 0.1) is 0 Å². The van der Waals surface area contributed by atoms with Crippen LogP contribution in [0.25, 0.3) is 11.6 Å². The minimum Gasteiger partial charge on any atom is -0.497 e. The summed E-state index contributed by atoms with van der Waals surface area (Å²) in [5, 5.41) is 0.684. The van der Waals surface area contributed by atoms with Gasteiger partial charge in [0.2, 0.25) is 0 Å². The summed E-state index contributed by atoms with van der Waals surface area (Å²) in [5.41, 5.74) is 4.85. The monoisotopic (exact) mass is 300 g/mol. The van der Waals surface area contributed by atoms with Gasteiger partial charge in [-0.3, -0.25) is 0 Å². The molecular weight excluding hydrogens is 284 g/mol. The molecule has 3 heteroatoms. The van der Waals surface area contributed by atoms with Crippen molar-refractivity contribution >= 4 is 23.3 Å². The number of allylic oxidation sites excluding steroid dienone is 1. The summed E-state index contributed by atoms with van der Waals surface area (Å²) < 4.78 is 10.6. The lowest BCUT2D eigenvalue weighted by Crippen LogP contribution is -2.00. The maximum Gasteiger partial charge on any atom is 0.138 e. The lowest BCUT2D eigenvalue weighted by Gasteiger charge is -2.19. The summed E-state index contributed by atoms with van der Waals surface area (Å²) in [7, 11) is 3.34. The predicted octanol–water partition coefficient (Wildman–Crippen LogP) is 4.84. The molecule has 0 unspecified atom stereocenters. The Bertz CT molecular complexity index is 704. The van der Waals surface area contributed by atoms with Crippen molar-refractivity contribution in [2.24, 2.45) is 0 Å². The first-order valence-electron chi connectivity index (χ1n) is 6.93. The third kappa shape index (κ3) is 2.64. The van der Waals surface area contributed by atoms with Crippen LogP contribution in [0.15, 0.2) is 36.4 Å². The van der Waals surface area contributed by atoms with Gasteiger partial charge in [-0.1, -0.05) is 35.9 Å². The van der Waals surface area contributed by atoms with Gasteiger partial charge >= 0.3 is 0 Å². The minimum atomic E-state index is 0.684. The third-order valence-electron chi connectivity index (χ3n) is 3.87. The second kappa shape index (κ2) is 5.82. The average molecular weight is 301 g/mol. The summed E-state index contributed by atoms with van der Waals surface area (Å²) in [5.74, 6) is 1.63. The Morgan fingerprint density at radius 1 is 1.00 bits per heavy atom. The number of methoxy groups -OCH3 is 2. The van der Waals surface area contributed by atoms with Crippen LogP contribution >= 0.6 is 11.6 Å². The first-order chi connectivity index (χ1) is 10.2. The van der Waals surface area contributed by atoms with Crippen molar-refractivity contribution in [1.82, 2.24) is 0 Å². The molecule has 108 valence electrons. The molecule has 1 aliphatic rings. The van der Waals surface area contributed by atoms with Gasteiger partial charge in [-0.05, 0) is 47.7 Å². The van der Waals surface area contributed by atoms with E-state index in [-0.39, 0.29) is 0 Å². The Labute approximate surface area is 130 Å². The Hall–Kier alpha value is -1.93. The largest absolute Gasteiger partial charge is 0.497 e. The molecule has 0 heterocycles. The molecule has 0 saturated carbocycles. The summed E-state index contributed by atoms with van der Waals surface area (Å²) >= 11 is 6.43. The lowest BCUT2D eigenvalue weighted by atomic mass is 9.88. The van der Waals surface area contributed by atoms with Crippen molar-refractivity contribution in [1.29, 1.82) is 0 Å². The maximum atomic E-state index is 6.43. The van der Waals surface area contributed by atoms with Gasteiger partial charge in [-0.25, -0.2) is 0 Å². The molecule has 3 rings (SSSR count). The quantitative estimate of drug-likeness (QED) is 0.807. The topological polar surface area (TPSA) is 18.5 Å². The van der Waals surface area contributed by atoms with Crippen molar-refractivity contribution in [3.05, 3.63) is 58.1 Å². The molecule has 0 spiro atoms. The van der Waals surface area contributed by atoms with Gasteiger partial charge in [0.05, 0.1) is 19.2 Å². The summed E-state index contributed by atoms with van der Waals surface area (Å²) in [6, 6.07) is 12.1. The van der Waals surface area contributed by atoms with E-state index < -0.39 is 0 Å². The zero-order valence-electron chi connectivity index (χ0n) is 12.2. The molecule has 21 heavy (non-hydrogen) atoms. The number of rotatable bonds is 3. The van der Waals surface area contributed by atoms with Gasteiger partial charge in [-0.15, -0.1) is 0 Å². The number of hydrogen-bond donors (Lipinski definition) is 0. The van der Waals surface area contributed by atoms with Crippen molar-refractivity contribution in [2.75, 3.05) is 14.2 Å². The third-order valence-corrected chi connectivity index (χ3v) is 4.26. The Kier molecular flexibility index (Phi) is 3.89. The number of fused-ring (bicyclic) bond motifs is 1. The molecule has 0 fully saturated rings. The van der Waals surface area contributed by atoms with Crippen LogP contribution < -0.4 is 9.47 Å². The van der Waals surface area contributed by atoms with Crippen molar-refractivity contribution < 1.29 is 9.47 Å². The van der Waals surface area contributed by atoms with Gasteiger partial charge in [0, 0.05) is 5.56 Å². The number of benzene rings is 2. The van der Waals surface area contributed by atoms with Crippen LogP contribution in [-0.2, 0) is 6.42 Å². The fourth-order valence-electron chi connectivity index (χ4n) is 2.72. The molecule has 0 saturated heterocycles. The first-order valence-corrected chi connectivity index (χ1v) is 7.31. The molecule has 2 aromatic carbocycles. The van der Waals surface area contributed by atoms with Crippen molar-refractivity contribution in [3.8, 4) is 11.5 Å². The first kappa shape index (κ1) is 14.0. The van der Waals surface area contributed by atoms with E-state index in [0.717, 1.165) is 29.9 Å². The van der Waals surface area contributed by atoms with E-state index in [4.69, 9.17) is 21.1 Å². The van der Waals surface area contributed by atoms with E-state index in [2.05, 4.69) is 18.2 Å². The van der Waals surface area contributed by atoms with Crippen molar-refractivity contribution in [2.45, 2.75) is 12.8 Å². The molecule has 0 bridgehead atoms. The molecule has 1 aliphatic carbocycles. The molecule has 0 aliphatic heterocycles. The van der Waals surface area contributed by atoms with E-state index in [9.17, 15) is 0 Å². The second-order valence-corrected chi connectivity index (χ2v) is 5.43. The maximum absolute atomic E-state index is 6.43. The number of halogens is 1. The van der Waals surface area contributed by atoms with E-state index in [0.29, 0.717) is 5.02 Å². The van der Waals surface area contributed by atoms with Crippen LogP contribution in [0.3, 0.4) is 0 Å². The molecule has 2 aromatic rings. The van der Waals surface area contributed by atoms with Crippen LogP contribution in [0.2, 0.25) is 5.02 Å². The Morgan fingerprint density at radius 3 is 2.62 bits per heavy atom. The fraction of sp³-hybridized carbons (Fsp3) is 0.222. The molecule has 0 amide bonds. The number of aryl methyl sites for hydroxylation is 1. The van der Waals surface area contributed by atoms with Crippen LogP contribution in [0.5, 0.6) is 11.5 Å². The van der Waals surface area contributed by atoms with Gasteiger partial charge < -0.3 is 9.47 Å². The van der Waals surface area contributed by atoms with Gasteiger partial charge in [0.1, 0.15) is 11.5 Å². The normalized spacial score (nSPS) is 13.4. The molecule has 0 aromatic heterocycles. The predicted molar refractivity (Wildman–Crippen MR) is 87.2 cm³/mol. The van der Waals surface area contributed by atoms with Gasteiger partial charge in [0.25, 0.3) is 0 Å². The fourth-order valence-corrected chi connectivity index (χ4v) is 3.05. The highest BCUT2D eigenvalue weighted by Gasteiger charge is 2.16. The van der Waals surface area contributed by atoms with E-state index in [1.807, 2.05) is 24.3 Å². The van der Waals surface area contributed by atoms with Gasteiger partial charge in [-0.2, -0.15) is 0 Å². The van der Waals surface area contributed by atoms with Crippen LogP contribution in [0.1, 0.15) is 23.1 Å². The number of hydrogen-bond acceptors (Lipinski definition) is 2. The van der Waals surface area contributed by atoms with Crippen LogP contribution in [0.4, 0.5) is 0 Å². The van der Waals surface area contributed by atoms with E-state index in [1.165, 1.54) is 16.7 Å². The highest BCUT2D eigenvalue weighted by molar-refractivity contribution is 6.34. The second-order valence-electron chi connectivity index (χ2n) is 5.06. The van der Waals surface area contributed by atoms with E-state index >= 15 is 0 Å². The SMILES string of the molecule is COc1ccc2c(c1)CCC(c1cccc(OC)c1Cl)=C2. The standard InChI is InChI=1S/C18H17ClO2/c1-20-15-9-8-12-10-14(7-6-13(12)11-15)16-4-3-5-17(21-2)18(16)19/h3-5,8-11H,6-7H2,1-2H3. The molecular formula is C18H17ClO2. The smallest absolute Gasteiger partial charge is 0.138 e. The zero-order chi connectivity index (χ0) is 14.8. The van der Waals surface area contributed by atoms with Crippen LogP contribution in [-0.4, -0.2) is 14.2 Å². The summed E-state index contributed by atoms with van der Waals surface area (Å²) in [4.78, 5) is 0. The highest BCUT2D eigenvalue weighted by Crippen LogP contribution is 2.38. The average Bonchev–Trinajstić information content (AvgIpc) is 2.54. The zero-order valence-corrected chi connectivity index (χ0v) is 12.9.